The lowest BCUT2D eigenvalue weighted by Gasteiger charge is -2.22. The van der Waals surface area contributed by atoms with Gasteiger partial charge in [-0.2, -0.15) is 0 Å². The first-order valence-electron chi connectivity index (χ1n) is 6.19. The number of nitrogens with one attached hydrogen (secondary N) is 1. The van der Waals surface area contributed by atoms with Gasteiger partial charge in [0.25, 0.3) is 0 Å². The first-order chi connectivity index (χ1) is 8.01. The van der Waals surface area contributed by atoms with Crippen LogP contribution < -0.4 is 11.1 Å². The summed E-state index contributed by atoms with van der Waals surface area (Å²) in [5, 5.41) is 2.93. The molecule has 0 aromatic heterocycles. The van der Waals surface area contributed by atoms with Gasteiger partial charge in [0.2, 0.25) is 5.91 Å². The van der Waals surface area contributed by atoms with Crippen LogP contribution in [0, 0.1) is 13.8 Å². The number of amides is 1. The van der Waals surface area contributed by atoms with Gasteiger partial charge < -0.3 is 11.1 Å². The van der Waals surface area contributed by atoms with E-state index in [0.717, 1.165) is 31.4 Å². The molecular formula is C14H20N2O. The largest absolute Gasteiger partial charge is 0.324 e. The molecule has 1 fully saturated rings. The first-order valence-corrected chi connectivity index (χ1v) is 6.19. The van der Waals surface area contributed by atoms with Crippen LogP contribution in [0.2, 0.25) is 0 Å². The van der Waals surface area contributed by atoms with Crippen molar-refractivity contribution in [2.24, 2.45) is 5.73 Å². The molecule has 1 aromatic rings. The van der Waals surface area contributed by atoms with Gasteiger partial charge in [-0.1, -0.05) is 18.9 Å². The summed E-state index contributed by atoms with van der Waals surface area (Å²) < 4.78 is 0. The van der Waals surface area contributed by atoms with Crippen molar-refractivity contribution in [2.45, 2.75) is 45.1 Å². The Balaban J connectivity index is 2.10. The van der Waals surface area contributed by atoms with Gasteiger partial charge >= 0.3 is 0 Å². The first kappa shape index (κ1) is 12.1. The van der Waals surface area contributed by atoms with Crippen LogP contribution in [0.1, 0.15) is 36.8 Å². The fourth-order valence-electron chi connectivity index (χ4n) is 2.31. The fourth-order valence-corrected chi connectivity index (χ4v) is 2.31. The van der Waals surface area contributed by atoms with Crippen LogP contribution in [0.25, 0.3) is 0 Å². The third kappa shape index (κ3) is 2.50. The van der Waals surface area contributed by atoms with E-state index in [2.05, 4.69) is 12.2 Å². The zero-order valence-corrected chi connectivity index (χ0v) is 10.5. The highest BCUT2D eigenvalue weighted by atomic mass is 16.2. The average Bonchev–Trinajstić information content (AvgIpc) is 2.72. The topological polar surface area (TPSA) is 55.1 Å². The number of aryl methyl sites for hydroxylation is 2. The molecule has 1 aliphatic rings. The maximum Gasteiger partial charge on any atom is 0.244 e. The zero-order valence-electron chi connectivity index (χ0n) is 10.5. The summed E-state index contributed by atoms with van der Waals surface area (Å²) in [6, 6.07) is 5.94. The number of carbonyl (C=O) groups excluding carboxylic acids is 1. The predicted octanol–water partition coefficient (Wildman–Crippen LogP) is 2.51. The Morgan fingerprint density at radius 2 is 1.88 bits per heavy atom. The molecule has 92 valence electrons. The minimum Gasteiger partial charge on any atom is -0.324 e. The number of anilines is 1. The lowest BCUT2D eigenvalue weighted by molar-refractivity contribution is -0.121. The van der Waals surface area contributed by atoms with Gasteiger partial charge in [-0.15, -0.1) is 0 Å². The van der Waals surface area contributed by atoms with Crippen molar-refractivity contribution in [1.82, 2.24) is 0 Å². The van der Waals surface area contributed by atoms with Crippen molar-refractivity contribution < 1.29 is 4.79 Å². The summed E-state index contributed by atoms with van der Waals surface area (Å²) in [6.07, 6.45) is 3.70. The van der Waals surface area contributed by atoms with E-state index in [1.54, 1.807) is 0 Å². The van der Waals surface area contributed by atoms with Crippen LogP contribution in [0.5, 0.6) is 0 Å². The molecule has 2 rings (SSSR count). The summed E-state index contributed by atoms with van der Waals surface area (Å²) in [5.41, 5.74) is 8.70. The molecule has 0 atom stereocenters. The SMILES string of the molecule is Cc1ccc(NC(=O)C2(N)CCCC2)cc1C. The lowest BCUT2D eigenvalue weighted by atomic mass is 9.98. The second-order valence-corrected chi connectivity index (χ2v) is 5.12. The van der Waals surface area contributed by atoms with E-state index in [1.165, 1.54) is 11.1 Å². The van der Waals surface area contributed by atoms with E-state index < -0.39 is 5.54 Å². The van der Waals surface area contributed by atoms with E-state index in [-0.39, 0.29) is 5.91 Å². The minimum absolute atomic E-state index is 0.0433. The number of hydrogen-bond donors (Lipinski definition) is 2. The average molecular weight is 232 g/mol. The van der Waals surface area contributed by atoms with Crippen molar-refractivity contribution >= 4 is 11.6 Å². The smallest absolute Gasteiger partial charge is 0.244 e. The Kier molecular flexibility index (Phi) is 3.20. The maximum absolute atomic E-state index is 12.1. The Morgan fingerprint density at radius 1 is 1.24 bits per heavy atom. The molecule has 0 radical (unpaired) electrons. The number of nitrogens with two attached hydrogens (primary N) is 1. The van der Waals surface area contributed by atoms with Gasteiger partial charge in [0, 0.05) is 5.69 Å². The third-order valence-electron chi connectivity index (χ3n) is 3.71. The second kappa shape index (κ2) is 4.49. The minimum atomic E-state index is -0.654. The highest BCUT2D eigenvalue weighted by Crippen LogP contribution is 2.28. The summed E-state index contributed by atoms with van der Waals surface area (Å²) in [4.78, 5) is 12.1. The Hall–Kier alpha value is -1.35. The number of carbonyl (C=O) groups is 1. The molecule has 1 aliphatic carbocycles. The normalized spacial score (nSPS) is 18.1. The van der Waals surface area contributed by atoms with Gasteiger partial charge in [0.15, 0.2) is 0 Å². The molecule has 3 heteroatoms. The summed E-state index contributed by atoms with van der Waals surface area (Å²) in [6.45, 7) is 4.10. The molecule has 3 nitrogen and oxygen atoms in total. The molecule has 0 aliphatic heterocycles. The van der Waals surface area contributed by atoms with Crippen molar-refractivity contribution in [3.05, 3.63) is 29.3 Å². The van der Waals surface area contributed by atoms with Crippen molar-refractivity contribution in [3.8, 4) is 0 Å². The van der Waals surface area contributed by atoms with Gasteiger partial charge in [-0.3, -0.25) is 4.79 Å². The summed E-state index contributed by atoms with van der Waals surface area (Å²) in [5.74, 6) is -0.0433. The number of rotatable bonds is 2. The third-order valence-corrected chi connectivity index (χ3v) is 3.71. The molecule has 0 heterocycles. The molecule has 17 heavy (non-hydrogen) atoms. The Bertz CT molecular complexity index is 434. The molecule has 0 saturated heterocycles. The van der Waals surface area contributed by atoms with Crippen molar-refractivity contribution in [2.75, 3.05) is 5.32 Å². The van der Waals surface area contributed by atoms with Crippen molar-refractivity contribution in [1.29, 1.82) is 0 Å². The van der Waals surface area contributed by atoms with Crippen LogP contribution in [0.3, 0.4) is 0 Å². The molecule has 3 N–H and O–H groups in total. The maximum atomic E-state index is 12.1. The monoisotopic (exact) mass is 232 g/mol. The number of benzene rings is 1. The van der Waals surface area contributed by atoms with Crippen LogP contribution in [-0.4, -0.2) is 11.4 Å². The zero-order chi connectivity index (χ0) is 12.5. The van der Waals surface area contributed by atoms with Gasteiger partial charge in [-0.25, -0.2) is 0 Å². The molecule has 0 bridgehead atoms. The van der Waals surface area contributed by atoms with Crippen LogP contribution >= 0.6 is 0 Å². The van der Waals surface area contributed by atoms with Crippen LogP contribution in [0.15, 0.2) is 18.2 Å². The molecule has 0 spiro atoms. The molecule has 1 amide bonds. The lowest BCUT2D eigenvalue weighted by Crippen LogP contribution is -2.48. The van der Waals surface area contributed by atoms with E-state index in [9.17, 15) is 4.79 Å². The molecule has 1 saturated carbocycles. The van der Waals surface area contributed by atoms with Crippen LogP contribution in [-0.2, 0) is 4.79 Å². The van der Waals surface area contributed by atoms with Crippen LogP contribution in [0.4, 0.5) is 5.69 Å². The molecule has 1 aromatic carbocycles. The van der Waals surface area contributed by atoms with E-state index in [4.69, 9.17) is 5.73 Å². The highest BCUT2D eigenvalue weighted by molar-refractivity contribution is 5.98. The quantitative estimate of drug-likeness (QED) is 0.823. The van der Waals surface area contributed by atoms with Gasteiger partial charge in [-0.05, 0) is 49.9 Å². The van der Waals surface area contributed by atoms with Gasteiger partial charge in [0.1, 0.15) is 0 Å². The van der Waals surface area contributed by atoms with E-state index in [1.807, 2.05) is 25.1 Å². The predicted molar refractivity (Wildman–Crippen MR) is 69.9 cm³/mol. The van der Waals surface area contributed by atoms with Gasteiger partial charge in [0.05, 0.1) is 5.54 Å². The van der Waals surface area contributed by atoms with E-state index in [0.29, 0.717) is 0 Å². The second-order valence-electron chi connectivity index (χ2n) is 5.12. The fraction of sp³-hybridized carbons (Fsp3) is 0.500. The standard InChI is InChI=1S/C14H20N2O/c1-10-5-6-12(9-11(10)2)16-13(17)14(15)7-3-4-8-14/h5-6,9H,3-4,7-8,15H2,1-2H3,(H,16,17). The molecular weight excluding hydrogens is 212 g/mol. The van der Waals surface area contributed by atoms with E-state index >= 15 is 0 Å². The highest BCUT2D eigenvalue weighted by Gasteiger charge is 2.36. The van der Waals surface area contributed by atoms with Crippen molar-refractivity contribution in [3.63, 3.8) is 0 Å². The summed E-state index contributed by atoms with van der Waals surface area (Å²) >= 11 is 0. The summed E-state index contributed by atoms with van der Waals surface area (Å²) in [7, 11) is 0. The molecule has 0 unspecified atom stereocenters. The Morgan fingerprint density at radius 3 is 2.47 bits per heavy atom. The Labute approximate surface area is 102 Å². The number of hydrogen-bond acceptors (Lipinski definition) is 2.